The van der Waals surface area contributed by atoms with E-state index in [9.17, 15) is 14.4 Å². The third-order valence-corrected chi connectivity index (χ3v) is 2.42. The molecule has 0 spiro atoms. The Morgan fingerprint density at radius 1 is 1.17 bits per heavy atom. The zero-order chi connectivity index (χ0) is 13.7. The van der Waals surface area contributed by atoms with Crippen molar-refractivity contribution in [3.05, 3.63) is 29.8 Å². The Hall–Kier alpha value is -2.37. The number of ketones is 1. The van der Waals surface area contributed by atoms with Crippen LogP contribution in [0.5, 0.6) is 5.75 Å². The highest BCUT2D eigenvalue weighted by molar-refractivity contribution is 6.35. The average molecular weight is 252 g/mol. The fourth-order valence-corrected chi connectivity index (χ4v) is 1.52. The summed E-state index contributed by atoms with van der Waals surface area (Å²) in [5, 5.41) is 17.4. The predicted octanol–water partition coefficient (Wildman–Crippen LogP) is 0.907. The number of carboxylic acids is 2. The van der Waals surface area contributed by atoms with Crippen LogP contribution < -0.4 is 4.74 Å². The van der Waals surface area contributed by atoms with E-state index in [-0.39, 0.29) is 0 Å². The summed E-state index contributed by atoms with van der Waals surface area (Å²) in [6.07, 6.45) is -0.558. The summed E-state index contributed by atoms with van der Waals surface area (Å²) in [5.74, 6) is -4.66. The molecule has 0 radical (unpaired) electrons. The molecule has 0 aliphatic heterocycles. The highest BCUT2D eigenvalue weighted by Crippen LogP contribution is 2.23. The molecule has 0 aromatic heterocycles. The summed E-state index contributed by atoms with van der Waals surface area (Å²) < 4.78 is 4.92. The minimum atomic E-state index is -1.64. The van der Waals surface area contributed by atoms with Gasteiger partial charge >= 0.3 is 11.9 Å². The van der Waals surface area contributed by atoms with E-state index in [2.05, 4.69) is 0 Å². The first-order valence-corrected chi connectivity index (χ1v) is 5.08. The minimum Gasteiger partial charge on any atom is -0.497 e. The highest BCUT2D eigenvalue weighted by Gasteiger charge is 2.28. The van der Waals surface area contributed by atoms with Gasteiger partial charge in [-0.2, -0.15) is 0 Å². The van der Waals surface area contributed by atoms with Gasteiger partial charge in [0.25, 0.3) is 0 Å². The summed E-state index contributed by atoms with van der Waals surface area (Å²) in [7, 11) is 1.46. The number of methoxy groups -OCH3 is 1. The number of hydrogen-bond donors (Lipinski definition) is 2. The molecule has 1 aromatic rings. The molecule has 0 fully saturated rings. The van der Waals surface area contributed by atoms with Crippen LogP contribution in [0.1, 0.15) is 17.9 Å². The van der Waals surface area contributed by atoms with E-state index in [4.69, 9.17) is 14.9 Å². The molecule has 6 heteroatoms. The van der Waals surface area contributed by atoms with Gasteiger partial charge in [-0.05, 0) is 17.7 Å². The number of rotatable bonds is 6. The first kappa shape index (κ1) is 13.7. The molecule has 1 atom stereocenters. The van der Waals surface area contributed by atoms with Crippen molar-refractivity contribution >= 4 is 17.7 Å². The number of Topliss-reactive ketones (excluding diaryl/α,β-unsaturated/α-hetero) is 1. The summed E-state index contributed by atoms with van der Waals surface area (Å²) in [6.45, 7) is 0. The summed E-state index contributed by atoms with van der Waals surface area (Å²) in [5.41, 5.74) is 0.339. The topological polar surface area (TPSA) is 101 Å². The molecule has 0 bridgehead atoms. The number of carbonyl (C=O) groups excluding carboxylic acids is 1. The molecule has 6 nitrogen and oxygen atoms in total. The Morgan fingerprint density at radius 3 is 2.11 bits per heavy atom. The molecule has 0 saturated heterocycles. The monoisotopic (exact) mass is 252 g/mol. The largest absolute Gasteiger partial charge is 0.497 e. The van der Waals surface area contributed by atoms with E-state index in [1.54, 1.807) is 12.1 Å². The molecule has 0 aliphatic rings. The van der Waals surface area contributed by atoms with Crippen LogP contribution in [-0.2, 0) is 14.4 Å². The lowest BCUT2D eigenvalue weighted by Crippen LogP contribution is -2.24. The van der Waals surface area contributed by atoms with Crippen molar-refractivity contribution in [2.24, 2.45) is 0 Å². The maximum absolute atomic E-state index is 11.4. The van der Waals surface area contributed by atoms with Crippen molar-refractivity contribution in [1.82, 2.24) is 0 Å². The van der Waals surface area contributed by atoms with E-state index >= 15 is 0 Å². The highest BCUT2D eigenvalue weighted by atomic mass is 16.5. The van der Waals surface area contributed by atoms with Crippen LogP contribution in [0.4, 0.5) is 0 Å². The molecule has 0 saturated carbocycles. The molecule has 1 unspecified atom stereocenters. The Kier molecular flexibility index (Phi) is 4.42. The first-order valence-electron chi connectivity index (χ1n) is 5.08. The van der Waals surface area contributed by atoms with Crippen LogP contribution in [0.2, 0.25) is 0 Å². The van der Waals surface area contributed by atoms with Crippen LogP contribution in [-0.4, -0.2) is 35.0 Å². The third kappa shape index (κ3) is 3.31. The van der Waals surface area contributed by atoms with Gasteiger partial charge in [-0.1, -0.05) is 12.1 Å². The number of benzene rings is 1. The molecule has 2 N–H and O–H groups in total. The van der Waals surface area contributed by atoms with Crippen LogP contribution in [0, 0.1) is 0 Å². The first-order chi connectivity index (χ1) is 8.45. The van der Waals surface area contributed by atoms with Crippen molar-refractivity contribution in [3.8, 4) is 5.75 Å². The van der Waals surface area contributed by atoms with Crippen LogP contribution >= 0.6 is 0 Å². The maximum atomic E-state index is 11.4. The number of hydrogen-bond acceptors (Lipinski definition) is 4. The SMILES string of the molecule is COc1ccc(C(CC(=O)O)C(=O)C(=O)O)cc1. The van der Waals surface area contributed by atoms with Gasteiger partial charge in [-0.15, -0.1) is 0 Å². The van der Waals surface area contributed by atoms with E-state index in [1.807, 2.05) is 0 Å². The second-order valence-corrected chi connectivity index (χ2v) is 3.59. The molecular formula is C12H12O6. The van der Waals surface area contributed by atoms with Gasteiger partial charge < -0.3 is 14.9 Å². The smallest absolute Gasteiger partial charge is 0.372 e. The van der Waals surface area contributed by atoms with Gasteiger partial charge in [-0.3, -0.25) is 9.59 Å². The van der Waals surface area contributed by atoms with Crippen molar-refractivity contribution < 1.29 is 29.3 Å². The average Bonchev–Trinajstić information content (AvgIpc) is 2.35. The summed E-state index contributed by atoms with van der Waals surface area (Å²) in [4.78, 5) is 32.8. The summed E-state index contributed by atoms with van der Waals surface area (Å²) >= 11 is 0. The lowest BCUT2D eigenvalue weighted by Gasteiger charge is -2.12. The fourth-order valence-electron chi connectivity index (χ4n) is 1.52. The van der Waals surface area contributed by atoms with Crippen LogP contribution in [0.25, 0.3) is 0 Å². The van der Waals surface area contributed by atoms with E-state index < -0.39 is 30.1 Å². The molecule has 1 rings (SSSR count). The lowest BCUT2D eigenvalue weighted by molar-refractivity contribution is -0.150. The minimum absolute atomic E-state index is 0.339. The lowest BCUT2D eigenvalue weighted by atomic mass is 9.91. The van der Waals surface area contributed by atoms with Crippen molar-refractivity contribution in [2.45, 2.75) is 12.3 Å². The third-order valence-electron chi connectivity index (χ3n) is 2.42. The molecule has 0 heterocycles. The van der Waals surface area contributed by atoms with Crippen molar-refractivity contribution in [3.63, 3.8) is 0 Å². The van der Waals surface area contributed by atoms with Gasteiger partial charge in [0.1, 0.15) is 5.75 Å². The molecular weight excluding hydrogens is 240 g/mol. The molecule has 1 aromatic carbocycles. The number of ether oxygens (including phenoxy) is 1. The van der Waals surface area contributed by atoms with E-state index in [0.717, 1.165) is 0 Å². The maximum Gasteiger partial charge on any atom is 0.372 e. The Bertz CT molecular complexity index is 462. The Labute approximate surface area is 103 Å². The van der Waals surface area contributed by atoms with Gasteiger partial charge in [0.2, 0.25) is 5.78 Å². The number of carbonyl (C=O) groups is 3. The van der Waals surface area contributed by atoms with Gasteiger partial charge in [0.05, 0.1) is 19.4 Å². The Balaban J connectivity index is 3.04. The van der Waals surface area contributed by atoms with Crippen LogP contribution in [0.3, 0.4) is 0 Å². The quantitative estimate of drug-likeness (QED) is 0.729. The predicted molar refractivity (Wildman–Crippen MR) is 60.6 cm³/mol. The molecule has 0 aliphatic carbocycles. The van der Waals surface area contributed by atoms with Crippen LogP contribution in [0.15, 0.2) is 24.3 Å². The fraction of sp³-hybridized carbons (Fsp3) is 0.250. The number of carboxylic acid groups (broad SMARTS) is 2. The van der Waals surface area contributed by atoms with Crippen molar-refractivity contribution in [2.75, 3.05) is 7.11 Å². The number of aliphatic carboxylic acids is 2. The molecule has 0 amide bonds. The standard InChI is InChI=1S/C12H12O6/c1-18-8-4-2-7(3-5-8)9(6-10(13)14)11(15)12(16)17/h2-5,9H,6H2,1H3,(H,13,14)(H,16,17). The second kappa shape index (κ2) is 5.81. The zero-order valence-corrected chi connectivity index (χ0v) is 9.62. The molecule has 96 valence electrons. The Morgan fingerprint density at radius 2 is 1.72 bits per heavy atom. The second-order valence-electron chi connectivity index (χ2n) is 3.59. The summed E-state index contributed by atoms with van der Waals surface area (Å²) in [6, 6.07) is 6.04. The van der Waals surface area contributed by atoms with Gasteiger partial charge in [0.15, 0.2) is 0 Å². The molecule has 18 heavy (non-hydrogen) atoms. The normalized spacial score (nSPS) is 11.6. The van der Waals surface area contributed by atoms with Gasteiger partial charge in [0, 0.05) is 0 Å². The zero-order valence-electron chi connectivity index (χ0n) is 9.62. The van der Waals surface area contributed by atoms with E-state index in [0.29, 0.717) is 11.3 Å². The van der Waals surface area contributed by atoms with Crippen molar-refractivity contribution in [1.29, 1.82) is 0 Å². The van der Waals surface area contributed by atoms with Gasteiger partial charge in [-0.25, -0.2) is 4.79 Å². The van der Waals surface area contributed by atoms with E-state index in [1.165, 1.54) is 19.2 Å².